The van der Waals surface area contributed by atoms with Gasteiger partial charge in [-0.25, -0.2) is 0 Å². The van der Waals surface area contributed by atoms with Gasteiger partial charge in [0.1, 0.15) is 5.75 Å². The summed E-state index contributed by atoms with van der Waals surface area (Å²) in [6.45, 7) is 0. The van der Waals surface area contributed by atoms with E-state index < -0.39 is 0 Å². The minimum atomic E-state index is 0.322. The van der Waals surface area contributed by atoms with Crippen molar-refractivity contribution >= 4 is 16.6 Å². The zero-order chi connectivity index (χ0) is 15.9. The van der Waals surface area contributed by atoms with Gasteiger partial charge in [0.05, 0.1) is 19.7 Å². The maximum Gasteiger partial charge on any atom is 0.162 e. The van der Waals surface area contributed by atoms with Crippen LogP contribution in [0.1, 0.15) is 0 Å². The van der Waals surface area contributed by atoms with Gasteiger partial charge >= 0.3 is 0 Å². The number of methoxy groups -OCH3 is 2. The van der Waals surface area contributed by atoms with Crippen LogP contribution in [0.3, 0.4) is 0 Å². The summed E-state index contributed by atoms with van der Waals surface area (Å²) in [5, 5.41) is 9.50. The number of aromatic nitrogens is 1. The van der Waals surface area contributed by atoms with Crippen LogP contribution in [0, 0.1) is 0 Å². The minimum Gasteiger partial charge on any atom is -0.508 e. The van der Waals surface area contributed by atoms with Crippen molar-refractivity contribution in [1.29, 1.82) is 0 Å². The molecule has 0 bridgehead atoms. The largest absolute Gasteiger partial charge is 0.508 e. The summed E-state index contributed by atoms with van der Waals surface area (Å²) in [7, 11) is 3.19. The summed E-state index contributed by atoms with van der Waals surface area (Å²) in [5.74, 6) is 1.63. The topological polar surface area (TPSA) is 77.6 Å². The number of rotatable bonds is 2. The van der Waals surface area contributed by atoms with Gasteiger partial charge in [0.25, 0.3) is 0 Å². The van der Waals surface area contributed by atoms with Crippen LogP contribution in [-0.2, 0) is 0 Å². The SMILES string of the molecule is COc1cc2nccc(N)c2cc1OC.Oc1ccccc1. The van der Waals surface area contributed by atoms with Crippen molar-refractivity contribution in [2.45, 2.75) is 0 Å². The Morgan fingerprint density at radius 1 is 0.955 bits per heavy atom. The Hall–Kier alpha value is -2.95. The Balaban J connectivity index is 0.000000211. The lowest BCUT2D eigenvalue weighted by molar-refractivity contribution is 0.356. The lowest BCUT2D eigenvalue weighted by atomic mass is 10.1. The Labute approximate surface area is 128 Å². The fourth-order valence-electron chi connectivity index (χ4n) is 1.92. The number of anilines is 1. The number of phenolic OH excluding ortho intramolecular Hbond substituents is 1. The molecule has 0 saturated heterocycles. The molecular weight excluding hydrogens is 280 g/mol. The molecule has 2 aromatic carbocycles. The van der Waals surface area contributed by atoms with Crippen molar-refractivity contribution in [3.05, 3.63) is 54.7 Å². The molecule has 0 aliphatic rings. The molecule has 0 radical (unpaired) electrons. The third kappa shape index (κ3) is 3.58. The summed E-state index contributed by atoms with van der Waals surface area (Å²) >= 11 is 0. The van der Waals surface area contributed by atoms with Gasteiger partial charge in [0.15, 0.2) is 11.5 Å². The summed E-state index contributed by atoms with van der Waals surface area (Å²) in [6.07, 6.45) is 1.67. The molecular formula is C17H18N2O3. The van der Waals surface area contributed by atoms with Gasteiger partial charge in [-0.15, -0.1) is 0 Å². The normalized spacial score (nSPS) is 9.73. The van der Waals surface area contributed by atoms with Gasteiger partial charge in [-0.05, 0) is 24.3 Å². The number of pyridine rings is 1. The number of aromatic hydroxyl groups is 1. The van der Waals surface area contributed by atoms with Crippen molar-refractivity contribution in [3.63, 3.8) is 0 Å². The van der Waals surface area contributed by atoms with Crippen molar-refractivity contribution in [2.75, 3.05) is 20.0 Å². The van der Waals surface area contributed by atoms with Crippen LogP contribution >= 0.6 is 0 Å². The first-order valence-corrected chi connectivity index (χ1v) is 6.66. The quantitative estimate of drug-likeness (QED) is 0.759. The molecule has 3 aromatic rings. The fraction of sp³-hybridized carbons (Fsp3) is 0.118. The smallest absolute Gasteiger partial charge is 0.162 e. The number of nitrogens with two attached hydrogens (primary N) is 1. The van der Waals surface area contributed by atoms with E-state index in [1.807, 2.05) is 18.2 Å². The van der Waals surface area contributed by atoms with Crippen molar-refractivity contribution in [3.8, 4) is 17.2 Å². The van der Waals surface area contributed by atoms with Crippen molar-refractivity contribution in [1.82, 2.24) is 4.98 Å². The number of phenols is 1. The number of hydrogen-bond donors (Lipinski definition) is 2. The molecule has 0 spiro atoms. The number of ether oxygens (including phenoxy) is 2. The van der Waals surface area contributed by atoms with E-state index >= 15 is 0 Å². The Bertz CT molecular complexity index is 745. The lowest BCUT2D eigenvalue weighted by Gasteiger charge is -2.09. The molecule has 22 heavy (non-hydrogen) atoms. The third-order valence-electron chi connectivity index (χ3n) is 3.04. The summed E-state index contributed by atoms with van der Waals surface area (Å²) in [6, 6.07) is 14.1. The molecule has 0 saturated carbocycles. The van der Waals surface area contributed by atoms with E-state index in [1.165, 1.54) is 0 Å². The molecule has 0 fully saturated rings. The molecule has 5 heteroatoms. The predicted molar refractivity (Wildman–Crippen MR) is 87.4 cm³/mol. The number of nitrogen functional groups attached to an aromatic ring is 1. The highest BCUT2D eigenvalue weighted by Crippen LogP contribution is 2.33. The number of hydrogen-bond acceptors (Lipinski definition) is 5. The standard InChI is InChI=1S/C11H12N2O2.C6H6O/c1-14-10-5-7-8(12)3-4-13-9(7)6-11(10)15-2;7-6-4-2-1-3-5-6/h3-6H,1-2H3,(H2,12,13);1-5,7H. The summed E-state index contributed by atoms with van der Waals surface area (Å²) in [4.78, 5) is 4.21. The first-order valence-electron chi connectivity index (χ1n) is 6.66. The molecule has 3 N–H and O–H groups in total. The fourth-order valence-corrected chi connectivity index (χ4v) is 1.92. The average molecular weight is 298 g/mol. The van der Waals surface area contributed by atoms with Gasteiger partial charge in [-0.1, -0.05) is 18.2 Å². The van der Waals surface area contributed by atoms with E-state index in [1.54, 1.807) is 50.7 Å². The first kappa shape index (κ1) is 15.4. The van der Waals surface area contributed by atoms with Crippen LogP contribution in [0.5, 0.6) is 17.2 Å². The van der Waals surface area contributed by atoms with Crippen LogP contribution in [0.25, 0.3) is 10.9 Å². The number of benzene rings is 2. The molecule has 0 amide bonds. The summed E-state index contributed by atoms with van der Waals surface area (Å²) < 4.78 is 10.4. The van der Waals surface area contributed by atoms with E-state index in [9.17, 15) is 0 Å². The van der Waals surface area contributed by atoms with Crippen LogP contribution in [0.15, 0.2) is 54.7 Å². The van der Waals surface area contributed by atoms with Crippen LogP contribution in [0.2, 0.25) is 0 Å². The number of fused-ring (bicyclic) bond motifs is 1. The van der Waals surface area contributed by atoms with Crippen LogP contribution < -0.4 is 15.2 Å². The van der Waals surface area contributed by atoms with Gasteiger partial charge in [-0.2, -0.15) is 0 Å². The highest BCUT2D eigenvalue weighted by molar-refractivity contribution is 5.92. The van der Waals surface area contributed by atoms with Crippen LogP contribution in [0.4, 0.5) is 5.69 Å². The maximum absolute atomic E-state index is 8.63. The van der Waals surface area contributed by atoms with Gasteiger partial charge in [-0.3, -0.25) is 4.98 Å². The summed E-state index contributed by atoms with van der Waals surface area (Å²) in [5.41, 5.74) is 7.32. The second kappa shape index (κ2) is 7.17. The molecule has 0 unspecified atom stereocenters. The Morgan fingerprint density at radius 2 is 1.59 bits per heavy atom. The zero-order valence-electron chi connectivity index (χ0n) is 12.5. The molecule has 5 nitrogen and oxygen atoms in total. The van der Waals surface area contributed by atoms with Crippen LogP contribution in [-0.4, -0.2) is 24.3 Å². The molecule has 114 valence electrons. The van der Waals surface area contributed by atoms with Gasteiger partial charge in [0.2, 0.25) is 0 Å². The molecule has 0 aliphatic carbocycles. The minimum absolute atomic E-state index is 0.322. The molecule has 0 aliphatic heterocycles. The van der Waals surface area contributed by atoms with E-state index in [0.29, 0.717) is 22.9 Å². The monoisotopic (exact) mass is 298 g/mol. The Morgan fingerprint density at radius 3 is 2.14 bits per heavy atom. The lowest BCUT2D eigenvalue weighted by Crippen LogP contribution is -1.93. The van der Waals surface area contributed by atoms with E-state index in [-0.39, 0.29) is 0 Å². The molecule has 3 rings (SSSR count). The maximum atomic E-state index is 8.63. The van der Waals surface area contributed by atoms with E-state index in [2.05, 4.69) is 4.98 Å². The van der Waals surface area contributed by atoms with Crippen molar-refractivity contribution < 1.29 is 14.6 Å². The van der Waals surface area contributed by atoms with Gasteiger partial charge < -0.3 is 20.3 Å². The number of nitrogens with zero attached hydrogens (tertiary/aromatic N) is 1. The Kier molecular flexibility index (Phi) is 5.03. The first-order chi connectivity index (χ1) is 10.7. The highest BCUT2D eigenvalue weighted by Gasteiger charge is 2.07. The van der Waals surface area contributed by atoms with Gasteiger partial charge in [0, 0.05) is 23.3 Å². The van der Waals surface area contributed by atoms with E-state index in [0.717, 1.165) is 10.9 Å². The number of para-hydroxylation sites is 1. The molecule has 1 aromatic heterocycles. The average Bonchev–Trinajstić information content (AvgIpc) is 2.55. The van der Waals surface area contributed by atoms with Crippen molar-refractivity contribution in [2.24, 2.45) is 0 Å². The molecule has 0 atom stereocenters. The van der Waals surface area contributed by atoms with E-state index in [4.69, 9.17) is 20.3 Å². The molecule has 1 heterocycles. The zero-order valence-corrected chi connectivity index (χ0v) is 12.5. The second-order valence-corrected chi connectivity index (χ2v) is 4.46. The third-order valence-corrected chi connectivity index (χ3v) is 3.04. The predicted octanol–water partition coefficient (Wildman–Crippen LogP) is 3.23. The second-order valence-electron chi connectivity index (χ2n) is 4.46. The highest BCUT2D eigenvalue weighted by atomic mass is 16.5.